The first-order valence-corrected chi connectivity index (χ1v) is 10.8. The van der Waals surface area contributed by atoms with Crippen molar-refractivity contribution in [3.63, 3.8) is 0 Å². The molecule has 1 aromatic rings. The van der Waals surface area contributed by atoms with E-state index in [4.69, 9.17) is 0 Å². The van der Waals surface area contributed by atoms with Crippen molar-refractivity contribution in [3.05, 3.63) is 24.5 Å². The molecule has 1 aromatic heterocycles. The summed E-state index contributed by atoms with van der Waals surface area (Å²) < 4.78 is 2.65. The Morgan fingerprint density at radius 3 is 1.65 bits per heavy atom. The van der Waals surface area contributed by atoms with Crippen LogP contribution in [-0.2, 0) is 0 Å². The number of nitrogens with zero attached hydrogens (tertiary/aromatic N) is 1. The van der Waals surface area contributed by atoms with Gasteiger partial charge in [-0.25, -0.2) is 0 Å². The van der Waals surface area contributed by atoms with Gasteiger partial charge in [-0.1, -0.05) is 0 Å². The molecule has 0 bridgehead atoms. The molecule has 0 radical (unpaired) electrons. The quantitative estimate of drug-likeness (QED) is 0.789. The van der Waals surface area contributed by atoms with Gasteiger partial charge in [0, 0.05) is 0 Å². The third kappa shape index (κ3) is 2.57. The van der Waals surface area contributed by atoms with Crippen LogP contribution in [0.15, 0.2) is 24.5 Å². The van der Waals surface area contributed by atoms with E-state index >= 15 is 0 Å². The van der Waals surface area contributed by atoms with E-state index in [-0.39, 0.29) is 0 Å². The van der Waals surface area contributed by atoms with Crippen LogP contribution in [0.25, 0.3) is 0 Å². The molecule has 0 saturated heterocycles. The van der Waals surface area contributed by atoms with Gasteiger partial charge in [-0.3, -0.25) is 0 Å². The fourth-order valence-corrected chi connectivity index (χ4v) is 10.8. The van der Waals surface area contributed by atoms with Gasteiger partial charge in [0.05, 0.1) is 0 Å². The van der Waals surface area contributed by atoms with E-state index in [0.717, 1.165) is 11.3 Å². The van der Waals surface area contributed by atoms with Crippen LogP contribution < -0.4 is 5.09 Å². The van der Waals surface area contributed by atoms with Crippen LogP contribution in [0.5, 0.6) is 0 Å². The Kier molecular flexibility index (Phi) is 4.83. The van der Waals surface area contributed by atoms with Crippen LogP contribution in [0.2, 0.25) is 0 Å². The van der Waals surface area contributed by atoms with Gasteiger partial charge in [-0.05, 0) is 0 Å². The standard InChI is InChI=1S/C17H31N2P/c1-18-20(19-14-8-9-15-19,16-10-4-2-5-11-16)17-12-6-3-7-13-17/h8-9,14-18,20H,2-7,10-13H2,1H3. The Labute approximate surface area is 124 Å². The molecule has 1 N–H and O–H groups in total. The second kappa shape index (κ2) is 6.62. The van der Waals surface area contributed by atoms with E-state index in [1.165, 1.54) is 64.2 Å². The summed E-state index contributed by atoms with van der Waals surface area (Å²) in [7, 11) is 0.634. The van der Waals surface area contributed by atoms with Gasteiger partial charge < -0.3 is 0 Å². The normalized spacial score (nSPS) is 23.9. The van der Waals surface area contributed by atoms with E-state index in [2.05, 4.69) is 41.0 Å². The van der Waals surface area contributed by atoms with Crippen molar-refractivity contribution in [1.29, 1.82) is 0 Å². The third-order valence-electron chi connectivity index (χ3n) is 5.89. The number of nitrogens with one attached hydrogen (secondary N) is 1. The zero-order valence-corrected chi connectivity index (χ0v) is 14.0. The first-order valence-electron chi connectivity index (χ1n) is 8.70. The van der Waals surface area contributed by atoms with Crippen molar-refractivity contribution in [2.45, 2.75) is 75.5 Å². The van der Waals surface area contributed by atoms with Gasteiger partial charge in [0.25, 0.3) is 0 Å². The third-order valence-corrected chi connectivity index (χ3v) is 11.5. The maximum absolute atomic E-state index is 3.96. The second-order valence-electron chi connectivity index (χ2n) is 6.84. The Hall–Kier alpha value is -0.330. The minimum atomic E-state index is -1.63. The first-order chi connectivity index (χ1) is 9.88. The summed E-state index contributed by atoms with van der Waals surface area (Å²) >= 11 is 0. The SMILES string of the molecule is CN[PH](C1CCCCC1)(C1CCCCC1)n1cccc1. The number of hydrogen-bond acceptors (Lipinski definition) is 1. The molecule has 114 valence electrons. The molecule has 3 heteroatoms. The zero-order valence-electron chi connectivity index (χ0n) is 13.0. The van der Waals surface area contributed by atoms with Gasteiger partial charge >= 0.3 is 124 Å². The Bertz CT molecular complexity index is 371. The van der Waals surface area contributed by atoms with Crippen molar-refractivity contribution >= 4 is 7.56 Å². The number of hydrogen-bond donors (Lipinski definition) is 1. The molecule has 0 spiro atoms. The van der Waals surface area contributed by atoms with E-state index in [0.29, 0.717) is 0 Å². The monoisotopic (exact) mass is 294 g/mol. The molecule has 0 unspecified atom stereocenters. The average molecular weight is 294 g/mol. The second-order valence-corrected chi connectivity index (χ2v) is 11.1. The van der Waals surface area contributed by atoms with Crippen molar-refractivity contribution in [1.82, 2.24) is 9.42 Å². The summed E-state index contributed by atoms with van der Waals surface area (Å²) in [6, 6.07) is 4.45. The van der Waals surface area contributed by atoms with E-state index in [1.54, 1.807) is 0 Å². The summed E-state index contributed by atoms with van der Waals surface area (Å²) in [5, 5.41) is 3.96. The molecule has 0 amide bonds. The summed E-state index contributed by atoms with van der Waals surface area (Å²) in [5.74, 6) is 0. The predicted molar refractivity (Wildman–Crippen MR) is 91.0 cm³/mol. The van der Waals surface area contributed by atoms with E-state index < -0.39 is 7.56 Å². The van der Waals surface area contributed by atoms with Crippen LogP contribution in [0.3, 0.4) is 0 Å². The fraction of sp³-hybridized carbons (Fsp3) is 0.765. The predicted octanol–water partition coefficient (Wildman–Crippen LogP) is 4.80. The van der Waals surface area contributed by atoms with Crippen LogP contribution in [0.1, 0.15) is 64.2 Å². The fourth-order valence-electron chi connectivity index (χ4n) is 4.96. The topological polar surface area (TPSA) is 17.0 Å². The van der Waals surface area contributed by atoms with Crippen LogP contribution in [-0.4, -0.2) is 22.7 Å². The van der Waals surface area contributed by atoms with Crippen LogP contribution >= 0.6 is 7.56 Å². The molecule has 0 aromatic carbocycles. The Morgan fingerprint density at radius 2 is 1.25 bits per heavy atom. The molecular formula is C17H31N2P. The number of aromatic nitrogens is 1. The molecule has 2 aliphatic carbocycles. The van der Waals surface area contributed by atoms with Crippen molar-refractivity contribution in [2.75, 3.05) is 7.05 Å². The summed E-state index contributed by atoms with van der Waals surface area (Å²) in [6.07, 6.45) is 19.3. The molecule has 3 rings (SSSR count). The molecule has 2 aliphatic rings. The van der Waals surface area contributed by atoms with Crippen LogP contribution in [0, 0.1) is 0 Å². The average Bonchev–Trinajstić information content (AvgIpc) is 3.06. The molecule has 0 aliphatic heterocycles. The zero-order chi connectivity index (χ0) is 13.8. The van der Waals surface area contributed by atoms with Gasteiger partial charge in [-0.2, -0.15) is 0 Å². The van der Waals surface area contributed by atoms with Gasteiger partial charge in [0.15, 0.2) is 0 Å². The van der Waals surface area contributed by atoms with Crippen molar-refractivity contribution in [2.24, 2.45) is 0 Å². The van der Waals surface area contributed by atoms with Gasteiger partial charge in [0.2, 0.25) is 0 Å². The molecule has 2 nitrogen and oxygen atoms in total. The molecule has 0 atom stereocenters. The molecule has 2 saturated carbocycles. The van der Waals surface area contributed by atoms with Crippen LogP contribution in [0.4, 0.5) is 0 Å². The van der Waals surface area contributed by atoms with Gasteiger partial charge in [-0.15, -0.1) is 0 Å². The maximum atomic E-state index is 3.96. The Balaban J connectivity index is 1.95. The van der Waals surface area contributed by atoms with Crippen molar-refractivity contribution in [3.8, 4) is 0 Å². The minimum absolute atomic E-state index is 0.941. The van der Waals surface area contributed by atoms with Crippen molar-refractivity contribution < 1.29 is 0 Å². The summed E-state index contributed by atoms with van der Waals surface area (Å²) in [6.45, 7) is 0. The summed E-state index contributed by atoms with van der Waals surface area (Å²) in [4.78, 5) is 0. The van der Waals surface area contributed by atoms with Gasteiger partial charge in [0.1, 0.15) is 0 Å². The molecule has 2 fully saturated rings. The molecule has 20 heavy (non-hydrogen) atoms. The van der Waals surface area contributed by atoms with E-state index in [9.17, 15) is 0 Å². The Morgan fingerprint density at radius 1 is 0.800 bits per heavy atom. The summed E-state index contributed by atoms with van der Waals surface area (Å²) in [5.41, 5.74) is 1.88. The van der Waals surface area contributed by atoms with E-state index in [1.807, 2.05) is 0 Å². The molecule has 1 heterocycles. The number of rotatable bonds is 4. The first kappa shape index (κ1) is 14.6. The molecular weight excluding hydrogens is 263 g/mol.